The summed E-state index contributed by atoms with van der Waals surface area (Å²) in [6.45, 7) is 6.29. The van der Waals surface area contributed by atoms with E-state index in [1.165, 1.54) is 0 Å². The van der Waals surface area contributed by atoms with Crippen molar-refractivity contribution >= 4 is 40.0 Å². The van der Waals surface area contributed by atoms with Crippen molar-refractivity contribution in [2.24, 2.45) is 4.99 Å². The Morgan fingerprint density at radius 1 is 1.36 bits per heavy atom. The summed E-state index contributed by atoms with van der Waals surface area (Å²) in [4.78, 5) is 4.57. The minimum absolute atomic E-state index is 0. The Bertz CT molecular complexity index is 611. The molecule has 0 amide bonds. The topological polar surface area (TPSA) is 86.9 Å². The Morgan fingerprint density at radius 2 is 2.08 bits per heavy atom. The number of sulfonamides is 1. The van der Waals surface area contributed by atoms with Gasteiger partial charge in [0.2, 0.25) is 10.0 Å². The minimum atomic E-state index is -3.07. The molecule has 0 aliphatic carbocycles. The number of guanidine groups is 1. The van der Waals surface area contributed by atoms with Crippen molar-refractivity contribution in [3.63, 3.8) is 0 Å². The number of piperidine rings is 1. The normalized spacial score (nSPS) is 17.1. The third-order valence-electron chi connectivity index (χ3n) is 4.11. The number of nitrogens with zero attached hydrogens (tertiary/aromatic N) is 2. The standard InChI is InChI=1S/C16H28N4O3S.HI/c1-3-17-16(18-10-7-15-6-5-13-23-15)19-14-8-11-20(12-9-14)24(21,22)4-2;/h5-6,13-14H,3-4,7-12H2,1-2H3,(H2,17,18,19);1H. The molecule has 1 aliphatic heterocycles. The molecule has 1 fully saturated rings. The molecule has 25 heavy (non-hydrogen) atoms. The van der Waals surface area contributed by atoms with Gasteiger partial charge in [0.25, 0.3) is 0 Å². The number of halogens is 1. The summed E-state index contributed by atoms with van der Waals surface area (Å²) in [6.07, 6.45) is 4.01. The summed E-state index contributed by atoms with van der Waals surface area (Å²) in [5.41, 5.74) is 0. The molecule has 2 N–H and O–H groups in total. The highest BCUT2D eigenvalue weighted by molar-refractivity contribution is 14.0. The Morgan fingerprint density at radius 3 is 2.64 bits per heavy atom. The first-order chi connectivity index (χ1) is 11.5. The monoisotopic (exact) mass is 484 g/mol. The lowest BCUT2D eigenvalue weighted by Crippen LogP contribution is -2.50. The third kappa shape index (κ3) is 7.14. The second-order valence-electron chi connectivity index (χ2n) is 5.81. The van der Waals surface area contributed by atoms with Crippen molar-refractivity contribution in [1.82, 2.24) is 14.9 Å². The smallest absolute Gasteiger partial charge is 0.213 e. The van der Waals surface area contributed by atoms with Crippen molar-refractivity contribution < 1.29 is 12.8 Å². The average molecular weight is 484 g/mol. The minimum Gasteiger partial charge on any atom is -0.469 e. The van der Waals surface area contributed by atoms with Crippen LogP contribution >= 0.6 is 24.0 Å². The molecule has 1 aliphatic rings. The molecule has 1 aromatic rings. The van der Waals surface area contributed by atoms with Gasteiger partial charge in [0, 0.05) is 38.6 Å². The van der Waals surface area contributed by atoms with E-state index in [2.05, 4.69) is 15.6 Å². The van der Waals surface area contributed by atoms with Gasteiger partial charge < -0.3 is 15.1 Å². The van der Waals surface area contributed by atoms with E-state index >= 15 is 0 Å². The van der Waals surface area contributed by atoms with Gasteiger partial charge in [0.1, 0.15) is 5.76 Å². The van der Waals surface area contributed by atoms with Gasteiger partial charge in [-0.3, -0.25) is 4.99 Å². The van der Waals surface area contributed by atoms with Gasteiger partial charge in [-0.05, 0) is 38.8 Å². The van der Waals surface area contributed by atoms with Crippen LogP contribution in [-0.4, -0.2) is 56.7 Å². The SMILES string of the molecule is CCNC(=NCCc1ccco1)NC1CCN(S(=O)(=O)CC)CC1.I. The Hall–Kier alpha value is -0.810. The van der Waals surface area contributed by atoms with Crippen LogP contribution in [0.3, 0.4) is 0 Å². The number of rotatable bonds is 7. The molecule has 1 aromatic heterocycles. The summed E-state index contributed by atoms with van der Waals surface area (Å²) < 4.78 is 30.7. The lowest BCUT2D eigenvalue weighted by atomic mass is 10.1. The third-order valence-corrected chi connectivity index (χ3v) is 5.99. The van der Waals surface area contributed by atoms with Crippen LogP contribution in [0.1, 0.15) is 32.4 Å². The predicted octanol–water partition coefficient (Wildman–Crippen LogP) is 1.81. The first-order valence-electron chi connectivity index (χ1n) is 8.60. The van der Waals surface area contributed by atoms with Gasteiger partial charge >= 0.3 is 0 Å². The molecular formula is C16H29IN4O3S. The zero-order valence-corrected chi connectivity index (χ0v) is 18.0. The molecular weight excluding hydrogens is 455 g/mol. The fourth-order valence-corrected chi connectivity index (χ4v) is 3.84. The first kappa shape index (κ1) is 22.2. The number of aliphatic imine (C=N–C) groups is 1. The summed E-state index contributed by atoms with van der Waals surface area (Å²) >= 11 is 0. The van der Waals surface area contributed by atoms with Crippen LogP contribution in [0.25, 0.3) is 0 Å². The van der Waals surface area contributed by atoms with Gasteiger partial charge in [0.15, 0.2) is 5.96 Å². The van der Waals surface area contributed by atoms with E-state index in [4.69, 9.17) is 4.42 Å². The molecule has 1 saturated heterocycles. The molecule has 144 valence electrons. The molecule has 0 saturated carbocycles. The number of hydrogen-bond acceptors (Lipinski definition) is 4. The summed E-state index contributed by atoms with van der Waals surface area (Å²) in [7, 11) is -3.07. The molecule has 0 spiro atoms. The van der Waals surface area contributed by atoms with E-state index in [-0.39, 0.29) is 35.8 Å². The summed E-state index contributed by atoms with van der Waals surface area (Å²) in [5, 5.41) is 6.65. The lowest BCUT2D eigenvalue weighted by molar-refractivity contribution is 0.306. The van der Waals surface area contributed by atoms with Crippen LogP contribution in [0.15, 0.2) is 27.8 Å². The van der Waals surface area contributed by atoms with Crippen LogP contribution in [-0.2, 0) is 16.4 Å². The molecule has 0 atom stereocenters. The Balaban J connectivity index is 0.00000312. The predicted molar refractivity (Wildman–Crippen MR) is 111 cm³/mol. The molecule has 0 bridgehead atoms. The van der Waals surface area contributed by atoms with E-state index < -0.39 is 10.0 Å². The summed E-state index contributed by atoms with van der Waals surface area (Å²) in [5.74, 6) is 1.87. The fourth-order valence-electron chi connectivity index (χ4n) is 2.71. The van der Waals surface area contributed by atoms with Crippen molar-refractivity contribution in [2.75, 3.05) is 31.9 Å². The Kier molecular flexibility index (Phi) is 9.80. The van der Waals surface area contributed by atoms with Gasteiger partial charge in [-0.15, -0.1) is 24.0 Å². The van der Waals surface area contributed by atoms with Crippen LogP contribution in [0.4, 0.5) is 0 Å². The van der Waals surface area contributed by atoms with E-state index in [0.717, 1.165) is 37.5 Å². The van der Waals surface area contributed by atoms with Crippen molar-refractivity contribution in [3.8, 4) is 0 Å². The highest BCUT2D eigenvalue weighted by Crippen LogP contribution is 2.14. The number of nitrogens with one attached hydrogen (secondary N) is 2. The maximum absolute atomic E-state index is 11.9. The first-order valence-corrected chi connectivity index (χ1v) is 10.2. The van der Waals surface area contributed by atoms with E-state index in [1.54, 1.807) is 17.5 Å². The van der Waals surface area contributed by atoms with Crippen LogP contribution < -0.4 is 10.6 Å². The summed E-state index contributed by atoms with van der Waals surface area (Å²) in [6, 6.07) is 4.06. The van der Waals surface area contributed by atoms with Crippen molar-refractivity contribution in [3.05, 3.63) is 24.2 Å². The van der Waals surface area contributed by atoms with Crippen LogP contribution in [0.2, 0.25) is 0 Å². The van der Waals surface area contributed by atoms with E-state index in [1.807, 2.05) is 19.1 Å². The zero-order valence-electron chi connectivity index (χ0n) is 14.9. The quantitative estimate of drug-likeness (QED) is 0.350. The highest BCUT2D eigenvalue weighted by Gasteiger charge is 2.26. The van der Waals surface area contributed by atoms with Gasteiger partial charge in [-0.2, -0.15) is 0 Å². The largest absolute Gasteiger partial charge is 0.469 e. The Labute approximate surface area is 167 Å². The van der Waals surface area contributed by atoms with Crippen molar-refractivity contribution in [2.45, 2.75) is 39.2 Å². The molecule has 0 aromatic carbocycles. The molecule has 2 heterocycles. The van der Waals surface area contributed by atoms with Crippen molar-refractivity contribution in [1.29, 1.82) is 0 Å². The van der Waals surface area contributed by atoms with Gasteiger partial charge in [0.05, 0.1) is 12.0 Å². The molecule has 0 unspecified atom stereocenters. The molecule has 7 nitrogen and oxygen atoms in total. The number of furan rings is 1. The molecule has 0 radical (unpaired) electrons. The van der Waals surface area contributed by atoms with Crippen LogP contribution in [0, 0.1) is 0 Å². The van der Waals surface area contributed by atoms with E-state index in [9.17, 15) is 8.42 Å². The average Bonchev–Trinajstić information content (AvgIpc) is 3.09. The lowest BCUT2D eigenvalue weighted by Gasteiger charge is -2.32. The maximum atomic E-state index is 11.9. The zero-order chi connectivity index (χ0) is 17.4. The maximum Gasteiger partial charge on any atom is 0.213 e. The van der Waals surface area contributed by atoms with Gasteiger partial charge in [-0.25, -0.2) is 12.7 Å². The number of hydrogen-bond donors (Lipinski definition) is 2. The van der Waals surface area contributed by atoms with Crippen LogP contribution in [0.5, 0.6) is 0 Å². The second kappa shape index (κ2) is 11.0. The fraction of sp³-hybridized carbons (Fsp3) is 0.688. The van der Waals surface area contributed by atoms with Gasteiger partial charge in [-0.1, -0.05) is 0 Å². The highest BCUT2D eigenvalue weighted by atomic mass is 127. The van der Waals surface area contributed by atoms with E-state index in [0.29, 0.717) is 19.6 Å². The second-order valence-corrected chi connectivity index (χ2v) is 8.07. The molecule has 9 heteroatoms. The molecule has 2 rings (SSSR count).